The van der Waals surface area contributed by atoms with Gasteiger partial charge >= 0.3 is 0 Å². The summed E-state index contributed by atoms with van der Waals surface area (Å²) in [4.78, 5) is 12.2. The van der Waals surface area contributed by atoms with Crippen molar-refractivity contribution in [1.29, 1.82) is 0 Å². The normalized spacial score (nSPS) is 21.8. The molecule has 1 saturated heterocycles. The monoisotopic (exact) mass is 344 g/mol. The van der Waals surface area contributed by atoms with Gasteiger partial charge in [-0.1, -0.05) is 0 Å². The highest BCUT2D eigenvalue weighted by atomic mass is 32.2. The van der Waals surface area contributed by atoms with Gasteiger partial charge in [0.05, 0.1) is 37.1 Å². The number of nitrogens with zero attached hydrogens (tertiary/aromatic N) is 2. The number of aromatic nitrogens is 2. The van der Waals surface area contributed by atoms with E-state index >= 15 is 0 Å². The molecule has 1 aliphatic rings. The van der Waals surface area contributed by atoms with Crippen molar-refractivity contribution in [3.05, 3.63) is 17.0 Å². The van der Waals surface area contributed by atoms with Gasteiger partial charge in [-0.25, -0.2) is 12.7 Å². The zero-order chi connectivity index (χ0) is 17.2. The first-order valence-electron chi connectivity index (χ1n) is 7.48. The van der Waals surface area contributed by atoms with Crippen LogP contribution in [0.25, 0.3) is 0 Å². The van der Waals surface area contributed by atoms with Crippen LogP contribution < -0.4 is 5.32 Å². The van der Waals surface area contributed by atoms with Crippen LogP contribution in [-0.2, 0) is 26.0 Å². The quantitative estimate of drug-likeness (QED) is 0.730. The third kappa shape index (κ3) is 4.30. The number of ether oxygens (including phenoxy) is 1. The van der Waals surface area contributed by atoms with Gasteiger partial charge in [0, 0.05) is 31.3 Å². The van der Waals surface area contributed by atoms with Crippen molar-refractivity contribution in [3.8, 4) is 0 Å². The van der Waals surface area contributed by atoms with Gasteiger partial charge in [-0.15, -0.1) is 0 Å². The third-order valence-corrected chi connectivity index (χ3v) is 6.11. The molecule has 1 aromatic rings. The second-order valence-corrected chi connectivity index (χ2v) is 8.35. The van der Waals surface area contributed by atoms with Crippen LogP contribution in [0.5, 0.6) is 0 Å². The molecule has 2 N–H and O–H groups in total. The van der Waals surface area contributed by atoms with E-state index in [1.807, 2.05) is 13.8 Å². The van der Waals surface area contributed by atoms with Gasteiger partial charge in [-0.3, -0.25) is 9.89 Å². The molecule has 0 aromatic carbocycles. The standard InChI is InChI=1S/C14H24N4O4S/c1-9-12(10(2)17-16-9)5-14(19)15-13-7-22-6-11(13)8-23(20,21)18(3)4/h11,13H,5-8H2,1-4H3,(H,15,19)(H,16,17)/t11-,13-/m0/s1. The highest BCUT2D eigenvalue weighted by Gasteiger charge is 2.34. The lowest BCUT2D eigenvalue weighted by molar-refractivity contribution is -0.121. The molecule has 2 rings (SSSR count). The van der Waals surface area contributed by atoms with E-state index in [4.69, 9.17) is 4.74 Å². The fourth-order valence-electron chi connectivity index (χ4n) is 2.59. The predicted octanol–water partition coefficient (Wildman–Crippen LogP) is -0.408. The Kier molecular flexibility index (Phi) is 5.43. The first-order valence-corrected chi connectivity index (χ1v) is 9.09. The van der Waals surface area contributed by atoms with Gasteiger partial charge in [0.1, 0.15) is 0 Å². The highest BCUT2D eigenvalue weighted by Crippen LogP contribution is 2.18. The summed E-state index contributed by atoms with van der Waals surface area (Å²) >= 11 is 0. The smallest absolute Gasteiger partial charge is 0.224 e. The number of H-pyrrole nitrogens is 1. The lowest BCUT2D eigenvalue weighted by atomic mass is 10.1. The lowest BCUT2D eigenvalue weighted by Gasteiger charge is -2.21. The van der Waals surface area contributed by atoms with Crippen LogP contribution >= 0.6 is 0 Å². The lowest BCUT2D eigenvalue weighted by Crippen LogP contribution is -2.44. The van der Waals surface area contributed by atoms with Crippen molar-refractivity contribution in [2.45, 2.75) is 26.3 Å². The largest absolute Gasteiger partial charge is 0.379 e. The number of aryl methyl sites for hydroxylation is 2. The SMILES string of the molecule is Cc1n[nH]c(C)c1CC(=O)N[C@H]1COC[C@H]1CS(=O)(=O)N(C)C. The zero-order valence-electron chi connectivity index (χ0n) is 13.9. The number of rotatable bonds is 6. The van der Waals surface area contributed by atoms with E-state index in [-0.39, 0.29) is 30.0 Å². The van der Waals surface area contributed by atoms with Gasteiger partial charge in [0.2, 0.25) is 15.9 Å². The summed E-state index contributed by atoms with van der Waals surface area (Å²) in [5.41, 5.74) is 2.54. The zero-order valence-corrected chi connectivity index (χ0v) is 14.7. The molecule has 0 saturated carbocycles. The summed E-state index contributed by atoms with van der Waals surface area (Å²) in [5.74, 6) is -0.424. The van der Waals surface area contributed by atoms with E-state index in [0.717, 1.165) is 17.0 Å². The van der Waals surface area contributed by atoms with Crippen molar-refractivity contribution in [1.82, 2.24) is 19.8 Å². The molecule has 0 spiro atoms. The number of sulfonamides is 1. The maximum atomic E-state index is 12.2. The second-order valence-electron chi connectivity index (χ2n) is 6.12. The Labute approximate surface area is 136 Å². The minimum atomic E-state index is -3.33. The van der Waals surface area contributed by atoms with E-state index in [1.54, 1.807) is 0 Å². The molecule has 9 heteroatoms. The summed E-state index contributed by atoms with van der Waals surface area (Å²) in [6, 6.07) is -0.287. The second kappa shape index (κ2) is 6.98. The third-order valence-electron chi connectivity index (χ3n) is 4.14. The van der Waals surface area contributed by atoms with Gasteiger partial charge in [0.15, 0.2) is 0 Å². The molecule has 1 fully saturated rings. The number of nitrogens with one attached hydrogen (secondary N) is 2. The van der Waals surface area contributed by atoms with Crippen LogP contribution in [0.3, 0.4) is 0 Å². The van der Waals surface area contributed by atoms with E-state index in [1.165, 1.54) is 18.4 Å². The van der Waals surface area contributed by atoms with E-state index in [2.05, 4.69) is 15.5 Å². The van der Waals surface area contributed by atoms with E-state index in [9.17, 15) is 13.2 Å². The molecule has 1 aliphatic heterocycles. The molecule has 1 amide bonds. The summed E-state index contributed by atoms with van der Waals surface area (Å²) in [6.45, 7) is 4.38. The topological polar surface area (TPSA) is 104 Å². The first-order chi connectivity index (χ1) is 10.7. The molecule has 8 nitrogen and oxygen atoms in total. The van der Waals surface area contributed by atoms with Gasteiger partial charge in [0.25, 0.3) is 0 Å². The molecular formula is C14H24N4O4S. The number of hydrogen-bond donors (Lipinski definition) is 2. The minimum absolute atomic E-state index is 0.0330. The van der Waals surface area contributed by atoms with E-state index in [0.29, 0.717) is 13.2 Å². The Bertz CT molecular complexity index is 649. The van der Waals surface area contributed by atoms with Crippen molar-refractivity contribution in [3.63, 3.8) is 0 Å². The Morgan fingerprint density at radius 3 is 2.65 bits per heavy atom. The summed E-state index contributed by atoms with van der Waals surface area (Å²) in [6.07, 6.45) is 0.220. The van der Waals surface area contributed by atoms with Crippen LogP contribution in [0.1, 0.15) is 17.0 Å². The van der Waals surface area contributed by atoms with Crippen LogP contribution in [0.2, 0.25) is 0 Å². The number of hydrogen-bond acceptors (Lipinski definition) is 5. The number of carbonyl (C=O) groups is 1. The van der Waals surface area contributed by atoms with Crippen molar-refractivity contribution in [2.24, 2.45) is 5.92 Å². The Hall–Kier alpha value is -1.45. The van der Waals surface area contributed by atoms with Gasteiger partial charge < -0.3 is 10.1 Å². The first kappa shape index (κ1) is 17.9. The predicted molar refractivity (Wildman–Crippen MR) is 85.5 cm³/mol. The number of aromatic amines is 1. The summed E-state index contributed by atoms with van der Waals surface area (Å²) < 4.78 is 30.6. The summed E-state index contributed by atoms with van der Waals surface area (Å²) in [5, 5.41) is 9.81. The maximum Gasteiger partial charge on any atom is 0.224 e. The average Bonchev–Trinajstić information content (AvgIpc) is 3.00. The van der Waals surface area contributed by atoms with Crippen molar-refractivity contribution in [2.75, 3.05) is 33.1 Å². The van der Waals surface area contributed by atoms with Crippen molar-refractivity contribution < 1.29 is 17.9 Å². The van der Waals surface area contributed by atoms with Crippen LogP contribution in [0.4, 0.5) is 0 Å². The molecular weight excluding hydrogens is 320 g/mol. The minimum Gasteiger partial charge on any atom is -0.379 e. The molecule has 1 aromatic heterocycles. The van der Waals surface area contributed by atoms with Gasteiger partial charge in [-0.2, -0.15) is 5.10 Å². The fraction of sp³-hybridized carbons (Fsp3) is 0.714. The highest BCUT2D eigenvalue weighted by molar-refractivity contribution is 7.89. The molecule has 130 valence electrons. The molecule has 0 unspecified atom stereocenters. The van der Waals surface area contributed by atoms with Crippen LogP contribution in [0, 0.1) is 19.8 Å². The average molecular weight is 344 g/mol. The Morgan fingerprint density at radius 2 is 2.09 bits per heavy atom. The Morgan fingerprint density at radius 1 is 1.39 bits per heavy atom. The van der Waals surface area contributed by atoms with Gasteiger partial charge in [-0.05, 0) is 13.8 Å². The summed E-state index contributed by atoms with van der Waals surface area (Å²) in [7, 11) is -0.320. The van der Waals surface area contributed by atoms with Crippen LogP contribution in [-0.4, -0.2) is 67.9 Å². The molecule has 2 atom stereocenters. The molecule has 2 heterocycles. The molecule has 0 radical (unpaired) electrons. The molecule has 23 heavy (non-hydrogen) atoms. The molecule has 0 aliphatic carbocycles. The fourth-order valence-corrected chi connectivity index (χ4v) is 3.76. The van der Waals surface area contributed by atoms with Crippen molar-refractivity contribution >= 4 is 15.9 Å². The number of amides is 1. The molecule has 0 bridgehead atoms. The maximum absolute atomic E-state index is 12.2. The number of carbonyl (C=O) groups excluding carboxylic acids is 1. The Balaban J connectivity index is 1.97. The van der Waals surface area contributed by atoms with Crippen LogP contribution in [0.15, 0.2) is 0 Å². The van der Waals surface area contributed by atoms with E-state index < -0.39 is 10.0 Å².